The van der Waals surface area contributed by atoms with Crippen molar-refractivity contribution in [2.45, 2.75) is 30.1 Å². The minimum atomic E-state index is -3.72. The molecule has 1 fully saturated rings. The molecule has 0 unspecified atom stereocenters. The first-order valence-corrected chi connectivity index (χ1v) is 13.3. The number of anilines is 1. The van der Waals surface area contributed by atoms with E-state index in [0.29, 0.717) is 28.6 Å². The van der Waals surface area contributed by atoms with Crippen LogP contribution < -0.4 is 24.8 Å². The number of rotatable bonds is 9. The largest absolute Gasteiger partial charge is 0.454 e. The number of hydrogen-bond donors (Lipinski definition) is 3. The van der Waals surface area contributed by atoms with Crippen LogP contribution in [-0.4, -0.2) is 45.1 Å². The topological polar surface area (TPSA) is 136 Å². The highest BCUT2D eigenvalue weighted by Gasteiger charge is 2.51. The van der Waals surface area contributed by atoms with Crippen LogP contribution in [0.1, 0.15) is 25.3 Å². The van der Waals surface area contributed by atoms with Crippen LogP contribution >= 0.6 is 0 Å². The number of nitrogens with one attached hydrogen (secondary N) is 3. The Kier molecular flexibility index (Phi) is 6.57. The molecule has 0 atom stereocenters. The van der Waals surface area contributed by atoms with Gasteiger partial charge in [0.05, 0.1) is 16.0 Å². The van der Waals surface area contributed by atoms with Crippen molar-refractivity contribution in [3.8, 4) is 22.8 Å². The Morgan fingerprint density at radius 3 is 2.46 bits per heavy atom. The highest BCUT2D eigenvalue weighted by atomic mass is 32.2. The SMILES string of the molecule is CC(=O)NCCNS(=O)(=O)c1ccc(-c2cccc(NC(=O)C3(c4ccc5c(c4)OCO5)CC3)n2)cc1. The van der Waals surface area contributed by atoms with Crippen molar-refractivity contribution in [1.29, 1.82) is 0 Å². The van der Waals surface area contributed by atoms with Gasteiger partial charge < -0.3 is 20.1 Å². The molecule has 0 bridgehead atoms. The molecule has 1 aliphatic carbocycles. The Balaban J connectivity index is 1.26. The van der Waals surface area contributed by atoms with Crippen molar-refractivity contribution in [2.75, 3.05) is 25.2 Å². The number of carbonyl (C=O) groups excluding carboxylic acids is 2. The Bertz CT molecular complexity index is 1450. The molecule has 192 valence electrons. The highest BCUT2D eigenvalue weighted by molar-refractivity contribution is 7.89. The molecule has 0 spiro atoms. The summed E-state index contributed by atoms with van der Waals surface area (Å²) in [5, 5.41) is 5.47. The zero-order valence-corrected chi connectivity index (χ0v) is 20.9. The van der Waals surface area contributed by atoms with Crippen LogP contribution in [0.4, 0.5) is 5.82 Å². The Labute approximate surface area is 214 Å². The lowest BCUT2D eigenvalue weighted by Crippen LogP contribution is -2.33. The fraction of sp³-hybridized carbons (Fsp3) is 0.269. The van der Waals surface area contributed by atoms with Crippen LogP contribution in [0, 0.1) is 0 Å². The molecule has 1 aromatic heterocycles. The number of pyridine rings is 1. The number of benzene rings is 2. The quantitative estimate of drug-likeness (QED) is 0.368. The van der Waals surface area contributed by atoms with Gasteiger partial charge in [0, 0.05) is 25.6 Å². The van der Waals surface area contributed by atoms with Gasteiger partial charge in [0.25, 0.3) is 0 Å². The Morgan fingerprint density at radius 2 is 1.73 bits per heavy atom. The Hall–Kier alpha value is -3.96. The summed E-state index contributed by atoms with van der Waals surface area (Å²) in [4.78, 5) is 28.8. The summed E-state index contributed by atoms with van der Waals surface area (Å²) >= 11 is 0. The molecule has 37 heavy (non-hydrogen) atoms. The summed E-state index contributed by atoms with van der Waals surface area (Å²) in [6.45, 7) is 1.83. The van der Waals surface area contributed by atoms with Gasteiger partial charge in [0.15, 0.2) is 11.5 Å². The first-order valence-electron chi connectivity index (χ1n) is 11.8. The lowest BCUT2D eigenvalue weighted by molar-refractivity contribution is -0.119. The van der Waals surface area contributed by atoms with E-state index in [-0.39, 0.29) is 36.6 Å². The van der Waals surface area contributed by atoms with Crippen molar-refractivity contribution in [2.24, 2.45) is 0 Å². The predicted molar refractivity (Wildman–Crippen MR) is 136 cm³/mol. The summed E-state index contributed by atoms with van der Waals surface area (Å²) in [5.41, 5.74) is 1.55. The number of aromatic nitrogens is 1. The van der Waals surface area contributed by atoms with E-state index in [1.54, 1.807) is 30.3 Å². The van der Waals surface area contributed by atoms with Gasteiger partial charge in [0.2, 0.25) is 28.6 Å². The number of sulfonamides is 1. The van der Waals surface area contributed by atoms with E-state index in [4.69, 9.17) is 9.47 Å². The van der Waals surface area contributed by atoms with Crippen LogP contribution in [0.5, 0.6) is 11.5 Å². The third-order valence-corrected chi connectivity index (χ3v) is 7.83. The van der Waals surface area contributed by atoms with Gasteiger partial charge in [-0.05, 0) is 54.8 Å². The summed E-state index contributed by atoms with van der Waals surface area (Å²) in [5.74, 6) is 1.36. The van der Waals surface area contributed by atoms with E-state index >= 15 is 0 Å². The maximum Gasteiger partial charge on any atom is 0.240 e. The third kappa shape index (κ3) is 5.27. The van der Waals surface area contributed by atoms with E-state index in [1.165, 1.54) is 19.1 Å². The second-order valence-corrected chi connectivity index (χ2v) is 10.7. The van der Waals surface area contributed by atoms with Gasteiger partial charge in [-0.1, -0.05) is 24.3 Å². The normalized spacial score (nSPS) is 15.2. The molecule has 0 radical (unpaired) electrons. The second kappa shape index (κ2) is 9.83. The van der Waals surface area contributed by atoms with Crippen molar-refractivity contribution >= 4 is 27.7 Å². The number of ether oxygens (including phenoxy) is 2. The predicted octanol–water partition coefficient (Wildman–Crippen LogP) is 2.56. The zero-order chi connectivity index (χ0) is 26.0. The van der Waals surface area contributed by atoms with Crippen LogP contribution in [0.2, 0.25) is 0 Å². The maximum atomic E-state index is 13.2. The van der Waals surface area contributed by atoms with Gasteiger partial charge in [-0.15, -0.1) is 0 Å². The first-order chi connectivity index (χ1) is 17.8. The molecule has 3 aromatic rings. The van der Waals surface area contributed by atoms with Crippen LogP contribution in [-0.2, 0) is 25.0 Å². The summed E-state index contributed by atoms with van der Waals surface area (Å²) in [6, 6.07) is 17.2. The fourth-order valence-corrected chi connectivity index (χ4v) is 5.21. The number of hydrogen-bond acceptors (Lipinski definition) is 7. The Morgan fingerprint density at radius 1 is 0.973 bits per heavy atom. The maximum absolute atomic E-state index is 13.2. The molecule has 11 heteroatoms. The van der Waals surface area contributed by atoms with Crippen LogP contribution in [0.15, 0.2) is 65.6 Å². The summed E-state index contributed by atoms with van der Waals surface area (Å²) in [6.07, 6.45) is 1.46. The molecule has 1 saturated carbocycles. The monoisotopic (exact) mass is 522 g/mol. The second-order valence-electron chi connectivity index (χ2n) is 8.92. The molecule has 2 aliphatic rings. The fourth-order valence-electron chi connectivity index (χ4n) is 4.18. The molecular weight excluding hydrogens is 496 g/mol. The standard InChI is InChI=1S/C26H26N4O6S/c1-17(31)27-13-14-28-37(33,34)20-8-5-18(6-9-20)21-3-2-4-24(29-21)30-25(32)26(11-12-26)19-7-10-22-23(15-19)36-16-35-22/h2-10,15,28H,11-14,16H2,1H3,(H,27,31)(H,29,30,32). The number of amides is 2. The number of carbonyl (C=O) groups is 2. The van der Waals surface area contributed by atoms with Crippen molar-refractivity contribution in [3.05, 3.63) is 66.2 Å². The van der Waals surface area contributed by atoms with E-state index in [0.717, 1.165) is 18.4 Å². The number of fused-ring (bicyclic) bond motifs is 1. The van der Waals surface area contributed by atoms with E-state index in [1.807, 2.05) is 18.2 Å². The minimum absolute atomic E-state index is 0.0840. The van der Waals surface area contributed by atoms with Crippen LogP contribution in [0.3, 0.4) is 0 Å². The molecule has 10 nitrogen and oxygen atoms in total. The summed E-state index contributed by atoms with van der Waals surface area (Å²) < 4.78 is 38.2. The molecule has 3 N–H and O–H groups in total. The first kappa shape index (κ1) is 24.7. The van der Waals surface area contributed by atoms with Crippen molar-refractivity contribution < 1.29 is 27.5 Å². The lowest BCUT2D eigenvalue weighted by Gasteiger charge is -2.16. The van der Waals surface area contributed by atoms with Gasteiger partial charge in [-0.3, -0.25) is 9.59 Å². The van der Waals surface area contributed by atoms with Crippen LogP contribution in [0.25, 0.3) is 11.3 Å². The zero-order valence-electron chi connectivity index (χ0n) is 20.1. The molecule has 2 heterocycles. The minimum Gasteiger partial charge on any atom is -0.454 e. The van der Waals surface area contributed by atoms with Gasteiger partial charge in [-0.25, -0.2) is 18.1 Å². The van der Waals surface area contributed by atoms with Gasteiger partial charge in [-0.2, -0.15) is 0 Å². The molecule has 2 aromatic carbocycles. The van der Waals surface area contributed by atoms with Gasteiger partial charge >= 0.3 is 0 Å². The van der Waals surface area contributed by atoms with Crippen molar-refractivity contribution in [3.63, 3.8) is 0 Å². The number of nitrogens with zero attached hydrogens (tertiary/aromatic N) is 1. The molecule has 2 amide bonds. The van der Waals surface area contributed by atoms with E-state index < -0.39 is 15.4 Å². The smallest absolute Gasteiger partial charge is 0.240 e. The van der Waals surface area contributed by atoms with Crippen molar-refractivity contribution in [1.82, 2.24) is 15.0 Å². The van der Waals surface area contributed by atoms with E-state index in [2.05, 4.69) is 20.3 Å². The highest BCUT2D eigenvalue weighted by Crippen LogP contribution is 2.51. The van der Waals surface area contributed by atoms with Gasteiger partial charge in [0.1, 0.15) is 5.82 Å². The molecule has 1 aliphatic heterocycles. The molecule has 0 saturated heterocycles. The lowest BCUT2D eigenvalue weighted by atomic mass is 9.94. The summed E-state index contributed by atoms with van der Waals surface area (Å²) in [7, 11) is -3.72. The van der Waals surface area contributed by atoms with E-state index in [9.17, 15) is 18.0 Å². The molecular formula is C26H26N4O6S. The average Bonchev–Trinajstić information content (AvgIpc) is 3.57. The molecule has 5 rings (SSSR count). The average molecular weight is 523 g/mol. The third-order valence-electron chi connectivity index (χ3n) is 6.35.